The third-order valence-electron chi connectivity index (χ3n) is 5.37. The zero-order valence-electron chi connectivity index (χ0n) is 22.5. The summed E-state index contributed by atoms with van der Waals surface area (Å²) in [6.07, 6.45) is 14.3. The number of terminal acetylenes is 1. The molecule has 1 atom stereocenters. The summed E-state index contributed by atoms with van der Waals surface area (Å²) in [6, 6.07) is 0. The van der Waals surface area contributed by atoms with Crippen LogP contribution in [0.1, 0.15) is 33.1 Å². The van der Waals surface area contributed by atoms with Crippen molar-refractivity contribution in [2.24, 2.45) is 16.6 Å². The molecule has 0 aromatic rings. The smallest absolute Gasteiger partial charge is 0.417 e. The molecule has 218 valence electrons. The highest BCUT2D eigenvalue weighted by Gasteiger charge is 2.34. The van der Waals surface area contributed by atoms with Gasteiger partial charge in [0.15, 0.2) is 0 Å². The van der Waals surface area contributed by atoms with Crippen molar-refractivity contribution >= 4 is 28.8 Å². The number of piperazine rings is 1. The number of ether oxygens (including phenoxy) is 1. The summed E-state index contributed by atoms with van der Waals surface area (Å²) in [5.74, 6) is 1.23. The standard InChI is InChI=1S/C16H27ClF3N5O2S.C7H13N.C2H2/c1-3-13(11-24-6-8-25(9-7-24)23-28(2)26)15(22-5-4-17)27-12-14(10-21)16(18,19)20;1-2-5-8-6-7-3-4-7;1-2/h5,10,23H,3-4,6-9,11-12,21H2,1-2H3;2,5,7-8H,3-4,6H2,1H3;1-2H/b14-10-,15-13-,22-5-;5-2+;. The van der Waals surface area contributed by atoms with Gasteiger partial charge in [0.2, 0.25) is 5.88 Å². The van der Waals surface area contributed by atoms with E-state index in [1.807, 2.05) is 31.1 Å². The van der Waals surface area contributed by atoms with Crippen LogP contribution in [0.25, 0.3) is 0 Å². The zero-order valence-corrected chi connectivity index (χ0v) is 24.0. The van der Waals surface area contributed by atoms with Gasteiger partial charge in [0.05, 0.1) is 11.5 Å². The number of nitrogens with one attached hydrogen (secondary N) is 2. The molecule has 38 heavy (non-hydrogen) atoms. The minimum absolute atomic E-state index is 0.112. The molecular formula is C25H42ClF3N6O2S. The number of hydrogen-bond donors (Lipinski definition) is 3. The lowest BCUT2D eigenvalue weighted by atomic mass is 10.2. The van der Waals surface area contributed by atoms with Crippen molar-refractivity contribution in [1.29, 1.82) is 0 Å². The predicted octanol–water partition coefficient (Wildman–Crippen LogP) is 3.52. The number of nitrogens with two attached hydrogens (primary N) is 1. The van der Waals surface area contributed by atoms with Gasteiger partial charge in [0.25, 0.3) is 0 Å². The first-order valence-corrected chi connectivity index (χ1v) is 14.4. The van der Waals surface area contributed by atoms with E-state index in [1.165, 1.54) is 25.6 Å². The fourth-order valence-corrected chi connectivity index (χ4v) is 3.79. The zero-order chi connectivity index (χ0) is 29.0. The Morgan fingerprint density at radius 1 is 1.26 bits per heavy atom. The van der Waals surface area contributed by atoms with E-state index < -0.39 is 29.3 Å². The monoisotopic (exact) mass is 582 g/mol. The third kappa shape index (κ3) is 16.7. The van der Waals surface area contributed by atoms with Crippen LogP contribution in [0.15, 0.2) is 40.5 Å². The number of alkyl halides is 4. The van der Waals surface area contributed by atoms with Gasteiger partial charge in [-0.25, -0.2) is 14.2 Å². The van der Waals surface area contributed by atoms with Gasteiger partial charge in [-0.2, -0.15) is 18.0 Å². The maximum Gasteiger partial charge on any atom is 0.417 e. The van der Waals surface area contributed by atoms with Gasteiger partial charge in [0, 0.05) is 63.5 Å². The Balaban J connectivity index is 0.00000114. The summed E-state index contributed by atoms with van der Waals surface area (Å²) in [7, 11) is -1.12. The van der Waals surface area contributed by atoms with E-state index in [0.29, 0.717) is 45.3 Å². The quantitative estimate of drug-likeness (QED) is 0.133. The van der Waals surface area contributed by atoms with Crippen LogP contribution in [0, 0.1) is 18.8 Å². The van der Waals surface area contributed by atoms with Gasteiger partial charge in [-0.05, 0) is 38.3 Å². The lowest BCUT2D eigenvalue weighted by molar-refractivity contribution is -0.0988. The van der Waals surface area contributed by atoms with Crippen LogP contribution in [0.2, 0.25) is 0 Å². The summed E-state index contributed by atoms with van der Waals surface area (Å²) in [5.41, 5.74) is 4.86. The number of halogens is 4. The Morgan fingerprint density at radius 3 is 2.34 bits per heavy atom. The van der Waals surface area contributed by atoms with Gasteiger partial charge in [-0.1, -0.05) is 13.0 Å². The van der Waals surface area contributed by atoms with E-state index in [9.17, 15) is 17.4 Å². The summed E-state index contributed by atoms with van der Waals surface area (Å²) in [6.45, 7) is 7.63. The summed E-state index contributed by atoms with van der Waals surface area (Å²) < 4.78 is 55.2. The average Bonchev–Trinajstić information content (AvgIpc) is 3.71. The Hall–Kier alpha value is -2.04. The lowest BCUT2D eigenvalue weighted by Crippen LogP contribution is -2.52. The van der Waals surface area contributed by atoms with E-state index in [4.69, 9.17) is 22.1 Å². The highest BCUT2D eigenvalue weighted by atomic mass is 35.5. The molecule has 13 heteroatoms. The van der Waals surface area contributed by atoms with Gasteiger partial charge >= 0.3 is 6.18 Å². The Labute approximate surface area is 233 Å². The van der Waals surface area contributed by atoms with Crippen LogP contribution >= 0.6 is 11.6 Å². The minimum Gasteiger partial charge on any atom is -0.473 e. The first kappa shape index (κ1) is 36.0. The van der Waals surface area contributed by atoms with Crippen LogP contribution < -0.4 is 15.9 Å². The molecule has 0 aromatic carbocycles. The lowest BCUT2D eigenvalue weighted by Gasteiger charge is -2.34. The van der Waals surface area contributed by atoms with E-state index in [-0.39, 0.29) is 11.8 Å². The van der Waals surface area contributed by atoms with Crippen molar-refractivity contribution in [2.75, 3.05) is 58.0 Å². The normalized spacial score (nSPS) is 18.7. The van der Waals surface area contributed by atoms with Crippen LogP contribution in [0.3, 0.4) is 0 Å². The van der Waals surface area contributed by atoms with Crippen molar-refractivity contribution in [3.05, 3.63) is 35.5 Å². The number of hydrazine groups is 1. The number of nitrogens with zero attached hydrogens (tertiary/aromatic N) is 3. The number of allylic oxidation sites excluding steroid dienone is 1. The van der Waals surface area contributed by atoms with Crippen molar-refractivity contribution in [1.82, 2.24) is 20.1 Å². The Bertz CT molecular complexity index is 822. The molecule has 2 rings (SSSR count). The molecule has 1 saturated heterocycles. The first-order valence-electron chi connectivity index (χ1n) is 12.3. The summed E-state index contributed by atoms with van der Waals surface area (Å²) >= 11 is 5.62. The molecular weight excluding hydrogens is 541 g/mol. The fourth-order valence-electron chi connectivity index (χ4n) is 3.17. The molecule has 0 bridgehead atoms. The first-order chi connectivity index (χ1) is 18.1. The Morgan fingerprint density at radius 2 is 1.89 bits per heavy atom. The second-order valence-electron chi connectivity index (χ2n) is 8.37. The number of rotatable bonds is 13. The van der Waals surface area contributed by atoms with E-state index in [1.54, 1.807) is 6.26 Å². The number of hydrogen-bond acceptors (Lipinski definition) is 7. The molecule has 2 aliphatic rings. The van der Waals surface area contributed by atoms with Crippen LogP contribution in [-0.4, -0.2) is 84.5 Å². The van der Waals surface area contributed by atoms with Crippen molar-refractivity contribution in [3.63, 3.8) is 0 Å². The predicted molar refractivity (Wildman–Crippen MR) is 151 cm³/mol. The molecule has 0 aromatic heterocycles. The number of aliphatic imine (C=N–C) groups is 1. The van der Waals surface area contributed by atoms with Crippen molar-refractivity contribution in [2.45, 2.75) is 39.3 Å². The van der Waals surface area contributed by atoms with Gasteiger partial charge in [-0.3, -0.25) is 4.90 Å². The van der Waals surface area contributed by atoms with E-state index >= 15 is 0 Å². The summed E-state index contributed by atoms with van der Waals surface area (Å²) in [4.78, 5) is 9.09. The highest BCUT2D eigenvalue weighted by molar-refractivity contribution is 7.82. The topological polar surface area (TPSA) is 95.2 Å². The van der Waals surface area contributed by atoms with Gasteiger partial charge in [-0.15, -0.1) is 24.4 Å². The SMILES string of the molecule is C#C.C/C=C/NCC1CC1.CC/C(CN1CCN(NS(C)=O)CC1)=C(\N=C/CCl)OC/C(=C/N)C(F)(F)F. The maximum absolute atomic E-state index is 12.9. The molecule has 1 aliphatic heterocycles. The second kappa shape index (κ2) is 20.9. The molecule has 0 spiro atoms. The molecule has 0 amide bonds. The molecule has 1 unspecified atom stereocenters. The highest BCUT2D eigenvalue weighted by Crippen LogP contribution is 2.27. The minimum atomic E-state index is -4.56. The fraction of sp³-hybridized carbons (Fsp3) is 0.640. The van der Waals surface area contributed by atoms with Crippen LogP contribution in [0.4, 0.5) is 13.2 Å². The van der Waals surface area contributed by atoms with Crippen molar-refractivity contribution < 1.29 is 22.1 Å². The molecule has 1 aliphatic carbocycles. The van der Waals surface area contributed by atoms with Gasteiger partial charge in [0.1, 0.15) is 17.6 Å². The van der Waals surface area contributed by atoms with E-state index in [0.717, 1.165) is 11.5 Å². The van der Waals surface area contributed by atoms with Crippen molar-refractivity contribution in [3.8, 4) is 12.8 Å². The van der Waals surface area contributed by atoms with E-state index in [2.05, 4.69) is 32.9 Å². The molecule has 8 nitrogen and oxygen atoms in total. The molecule has 2 fully saturated rings. The molecule has 1 heterocycles. The Kier molecular flexibility index (Phi) is 19.7. The second-order valence-corrected chi connectivity index (χ2v) is 9.77. The largest absolute Gasteiger partial charge is 0.473 e. The average molecular weight is 583 g/mol. The van der Waals surface area contributed by atoms with Gasteiger partial charge < -0.3 is 15.8 Å². The molecule has 4 N–H and O–H groups in total. The maximum atomic E-state index is 12.9. The molecule has 1 saturated carbocycles. The molecule has 0 radical (unpaired) electrons. The third-order valence-corrected chi connectivity index (χ3v) is 6.02. The summed E-state index contributed by atoms with van der Waals surface area (Å²) in [5, 5.41) is 5.10. The van der Waals surface area contributed by atoms with Crippen LogP contribution in [0.5, 0.6) is 0 Å². The van der Waals surface area contributed by atoms with Crippen LogP contribution in [-0.2, 0) is 15.7 Å².